The van der Waals surface area contributed by atoms with Crippen LogP contribution in [0.25, 0.3) is 0 Å². The molecule has 5 heteroatoms. The molecular formula is C12H16BrN3O. The van der Waals surface area contributed by atoms with E-state index >= 15 is 0 Å². The van der Waals surface area contributed by atoms with Crippen LogP contribution in [0.1, 0.15) is 30.1 Å². The lowest BCUT2D eigenvalue weighted by Gasteiger charge is -2.21. The number of amides is 1. The fraction of sp³-hybridized carbons (Fsp3) is 0.500. The van der Waals surface area contributed by atoms with E-state index in [-0.39, 0.29) is 5.91 Å². The second-order valence-electron chi connectivity index (χ2n) is 4.12. The van der Waals surface area contributed by atoms with Crippen LogP contribution >= 0.6 is 15.9 Å². The molecule has 0 atom stereocenters. The number of pyridine rings is 1. The lowest BCUT2D eigenvalue weighted by molar-refractivity contribution is 0.0753. The molecule has 0 aromatic carbocycles. The van der Waals surface area contributed by atoms with E-state index < -0.39 is 0 Å². The van der Waals surface area contributed by atoms with E-state index in [4.69, 9.17) is 0 Å². The van der Waals surface area contributed by atoms with Crippen molar-refractivity contribution < 1.29 is 4.79 Å². The van der Waals surface area contributed by atoms with Gasteiger partial charge in [0.25, 0.3) is 5.91 Å². The zero-order chi connectivity index (χ0) is 12.4. The molecule has 1 aliphatic rings. The summed E-state index contributed by atoms with van der Waals surface area (Å²) in [6.45, 7) is 2.76. The Bertz CT molecular complexity index is 432. The van der Waals surface area contributed by atoms with Crippen molar-refractivity contribution in [3.8, 4) is 0 Å². The number of hydrogen-bond donors (Lipinski definition) is 1. The van der Waals surface area contributed by atoms with Crippen molar-refractivity contribution in [2.75, 3.05) is 18.9 Å². The Morgan fingerprint density at radius 2 is 2.35 bits per heavy atom. The summed E-state index contributed by atoms with van der Waals surface area (Å²) in [6.07, 6.45) is 3.93. The average Bonchev–Trinajstić information content (AvgIpc) is 3.14. The van der Waals surface area contributed by atoms with Crippen LogP contribution in [0.5, 0.6) is 0 Å². The van der Waals surface area contributed by atoms with Crippen molar-refractivity contribution in [2.24, 2.45) is 0 Å². The van der Waals surface area contributed by atoms with Crippen molar-refractivity contribution >= 4 is 27.7 Å². The van der Waals surface area contributed by atoms with Crippen molar-refractivity contribution in [3.63, 3.8) is 0 Å². The van der Waals surface area contributed by atoms with Gasteiger partial charge in [-0.15, -0.1) is 0 Å². The van der Waals surface area contributed by atoms with Gasteiger partial charge in [-0.05, 0) is 41.8 Å². The summed E-state index contributed by atoms with van der Waals surface area (Å²) < 4.78 is 0.826. The molecule has 1 saturated carbocycles. The highest BCUT2D eigenvalue weighted by Crippen LogP contribution is 2.29. The molecule has 0 spiro atoms. The van der Waals surface area contributed by atoms with Gasteiger partial charge in [-0.2, -0.15) is 0 Å². The number of rotatable bonds is 4. The van der Waals surface area contributed by atoms with E-state index in [0.29, 0.717) is 17.4 Å². The normalized spacial score (nSPS) is 14.5. The van der Waals surface area contributed by atoms with E-state index in [2.05, 4.69) is 26.2 Å². The van der Waals surface area contributed by atoms with Crippen molar-refractivity contribution in [2.45, 2.75) is 25.8 Å². The number of carbonyl (C=O) groups excluding carboxylic acids is 1. The standard InChI is InChI=1S/C12H16BrN3O/c1-3-16(9-4-5-9)12(17)10-6-8(13)7-15-11(10)14-2/h6-7,9H,3-5H2,1-2H3,(H,14,15). The van der Waals surface area contributed by atoms with Crippen molar-refractivity contribution in [3.05, 3.63) is 22.3 Å². The van der Waals surface area contributed by atoms with Gasteiger partial charge in [0.1, 0.15) is 5.82 Å². The Morgan fingerprint density at radius 1 is 1.65 bits per heavy atom. The first kappa shape index (κ1) is 12.4. The number of nitrogens with zero attached hydrogens (tertiary/aromatic N) is 2. The van der Waals surface area contributed by atoms with Gasteiger partial charge in [0, 0.05) is 30.3 Å². The van der Waals surface area contributed by atoms with Gasteiger partial charge in [-0.3, -0.25) is 4.79 Å². The molecule has 1 amide bonds. The minimum Gasteiger partial charge on any atom is -0.372 e. The summed E-state index contributed by atoms with van der Waals surface area (Å²) in [5.74, 6) is 0.699. The van der Waals surface area contributed by atoms with E-state index in [1.807, 2.05) is 17.9 Å². The van der Waals surface area contributed by atoms with Crippen LogP contribution < -0.4 is 5.32 Å². The number of hydrogen-bond acceptors (Lipinski definition) is 3. The highest BCUT2D eigenvalue weighted by molar-refractivity contribution is 9.10. The van der Waals surface area contributed by atoms with E-state index in [9.17, 15) is 4.79 Å². The Hall–Kier alpha value is -1.10. The molecule has 0 unspecified atom stereocenters. The first-order valence-electron chi connectivity index (χ1n) is 5.81. The molecular weight excluding hydrogens is 282 g/mol. The van der Waals surface area contributed by atoms with Gasteiger partial charge >= 0.3 is 0 Å². The second-order valence-corrected chi connectivity index (χ2v) is 5.04. The first-order valence-corrected chi connectivity index (χ1v) is 6.61. The third-order valence-corrected chi connectivity index (χ3v) is 3.34. The minimum absolute atomic E-state index is 0.0631. The average molecular weight is 298 g/mol. The summed E-state index contributed by atoms with van der Waals surface area (Å²) in [5.41, 5.74) is 0.635. The molecule has 0 radical (unpaired) electrons. The lowest BCUT2D eigenvalue weighted by atomic mass is 10.2. The van der Waals surface area contributed by atoms with Gasteiger partial charge in [0.15, 0.2) is 0 Å². The van der Waals surface area contributed by atoms with Crippen LogP contribution in [0.15, 0.2) is 16.7 Å². The van der Waals surface area contributed by atoms with E-state index in [0.717, 1.165) is 23.9 Å². The van der Waals surface area contributed by atoms with Crippen LogP contribution in [-0.2, 0) is 0 Å². The fourth-order valence-electron chi connectivity index (χ4n) is 1.91. The molecule has 0 bridgehead atoms. The Labute approximate surface area is 110 Å². The van der Waals surface area contributed by atoms with Crippen LogP contribution in [-0.4, -0.2) is 35.4 Å². The largest absolute Gasteiger partial charge is 0.372 e. The summed E-state index contributed by atoms with van der Waals surface area (Å²) >= 11 is 3.36. The third kappa shape index (κ3) is 2.60. The smallest absolute Gasteiger partial charge is 0.257 e. The summed E-state index contributed by atoms with van der Waals surface area (Å²) in [7, 11) is 1.78. The van der Waals surface area contributed by atoms with Crippen molar-refractivity contribution in [1.82, 2.24) is 9.88 Å². The third-order valence-electron chi connectivity index (χ3n) is 2.91. The molecule has 17 heavy (non-hydrogen) atoms. The number of nitrogens with one attached hydrogen (secondary N) is 1. The molecule has 1 heterocycles. The van der Waals surface area contributed by atoms with Gasteiger partial charge in [-0.1, -0.05) is 0 Å². The quantitative estimate of drug-likeness (QED) is 0.929. The van der Waals surface area contributed by atoms with Crippen molar-refractivity contribution in [1.29, 1.82) is 0 Å². The zero-order valence-corrected chi connectivity index (χ0v) is 11.6. The number of carbonyl (C=O) groups is 1. The highest BCUT2D eigenvalue weighted by Gasteiger charge is 2.32. The predicted molar refractivity (Wildman–Crippen MR) is 71.2 cm³/mol. The maximum absolute atomic E-state index is 12.4. The SMILES string of the molecule is CCN(C(=O)c1cc(Br)cnc1NC)C1CC1. The molecule has 2 rings (SSSR count). The zero-order valence-electron chi connectivity index (χ0n) is 10.0. The maximum Gasteiger partial charge on any atom is 0.257 e. The molecule has 1 aromatic heterocycles. The summed E-state index contributed by atoms with van der Waals surface area (Å²) in [6, 6.07) is 2.25. The number of aromatic nitrogens is 1. The fourth-order valence-corrected chi connectivity index (χ4v) is 2.24. The molecule has 0 saturated heterocycles. The van der Waals surface area contributed by atoms with Gasteiger partial charge in [0.2, 0.25) is 0 Å². The van der Waals surface area contributed by atoms with E-state index in [1.165, 1.54) is 0 Å². The van der Waals surface area contributed by atoms with Gasteiger partial charge < -0.3 is 10.2 Å². The Balaban J connectivity index is 2.31. The molecule has 1 aliphatic carbocycles. The summed E-state index contributed by atoms with van der Waals surface area (Å²) in [4.78, 5) is 18.5. The van der Waals surface area contributed by atoms with Crippen LogP contribution in [0.3, 0.4) is 0 Å². The monoisotopic (exact) mass is 297 g/mol. The minimum atomic E-state index is 0.0631. The molecule has 0 aliphatic heterocycles. The predicted octanol–water partition coefficient (Wildman–Crippen LogP) is 2.51. The van der Waals surface area contributed by atoms with Gasteiger partial charge in [0.05, 0.1) is 5.56 Å². The molecule has 1 N–H and O–H groups in total. The number of anilines is 1. The van der Waals surface area contributed by atoms with Crippen LogP contribution in [0.4, 0.5) is 5.82 Å². The Kier molecular flexibility index (Phi) is 3.66. The molecule has 92 valence electrons. The second kappa shape index (κ2) is 5.04. The molecule has 1 aromatic rings. The Morgan fingerprint density at radius 3 is 2.88 bits per heavy atom. The molecule has 4 nitrogen and oxygen atoms in total. The summed E-state index contributed by atoms with van der Waals surface area (Å²) in [5, 5.41) is 2.96. The maximum atomic E-state index is 12.4. The number of halogens is 1. The molecule has 1 fully saturated rings. The van der Waals surface area contributed by atoms with Gasteiger partial charge in [-0.25, -0.2) is 4.98 Å². The lowest BCUT2D eigenvalue weighted by Crippen LogP contribution is -2.33. The topological polar surface area (TPSA) is 45.2 Å². The van der Waals surface area contributed by atoms with Crippen LogP contribution in [0.2, 0.25) is 0 Å². The van der Waals surface area contributed by atoms with E-state index in [1.54, 1.807) is 13.2 Å². The van der Waals surface area contributed by atoms with Crippen LogP contribution in [0, 0.1) is 0 Å². The highest BCUT2D eigenvalue weighted by atomic mass is 79.9. The first-order chi connectivity index (χ1) is 8.17.